The summed E-state index contributed by atoms with van der Waals surface area (Å²) < 4.78 is 2.71. The molecule has 0 N–H and O–H groups in total. The molecular formula is C25H18S. The summed E-state index contributed by atoms with van der Waals surface area (Å²) in [6, 6.07) is 32.8. The Bertz CT molecular complexity index is 1230. The molecule has 0 saturated carbocycles. The highest BCUT2D eigenvalue weighted by molar-refractivity contribution is 7.25. The van der Waals surface area contributed by atoms with Crippen LogP contribution in [-0.4, -0.2) is 0 Å². The molecule has 4 aromatic carbocycles. The second-order valence-corrected chi connectivity index (χ2v) is 7.74. The maximum absolute atomic E-state index is 2.35. The highest BCUT2D eigenvalue weighted by atomic mass is 32.1. The fourth-order valence-corrected chi connectivity index (χ4v) is 4.86. The predicted octanol–water partition coefficient (Wildman–Crippen LogP) is 7.70. The highest BCUT2D eigenvalue weighted by Crippen LogP contribution is 2.38. The second kappa shape index (κ2) is 6.12. The van der Waals surface area contributed by atoms with Crippen LogP contribution in [0.25, 0.3) is 42.4 Å². The van der Waals surface area contributed by atoms with Crippen molar-refractivity contribution in [1.82, 2.24) is 0 Å². The Kier molecular flexibility index (Phi) is 3.62. The van der Waals surface area contributed by atoms with E-state index >= 15 is 0 Å². The lowest BCUT2D eigenvalue weighted by atomic mass is 9.92. The molecule has 0 saturated heterocycles. The van der Waals surface area contributed by atoms with E-state index in [1.807, 2.05) is 11.3 Å². The van der Waals surface area contributed by atoms with Crippen molar-refractivity contribution < 1.29 is 0 Å². The first kappa shape index (κ1) is 15.4. The molecule has 0 fully saturated rings. The van der Waals surface area contributed by atoms with Gasteiger partial charge in [0, 0.05) is 20.2 Å². The van der Waals surface area contributed by atoms with Crippen molar-refractivity contribution in [3.63, 3.8) is 0 Å². The molecule has 5 aromatic rings. The molecule has 0 radical (unpaired) electrons. The minimum Gasteiger partial charge on any atom is -0.135 e. The van der Waals surface area contributed by atoms with Gasteiger partial charge in [0.25, 0.3) is 0 Å². The van der Waals surface area contributed by atoms with Gasteiger partial charge in [0.1, 0.15) is 0 Å². The molecule has 0 aliphatic heterocycles. The van der Waals surface area contributed by atoms with Crippen LogP contribution in [0.1, 0.15) is 5.56 Å². The minimum absolute atomic E-state index is 1.27. The quantitative estimate of drug-likeness (QED) is 0.306. The van der Waals surface area contributed by atoms with Gasteiger partial charge in [-0.25, -0.2) is 0 Å². The van der Waals surface area contributed by atoms with E-state index in [2.05, 4.69) is 97.9 Å². The molecule has 5 rings (SSSR count). The molecule has 0 aliphatic carbocycles. The van der Waals surface area contributed by atoms with Gasteiger partial charge in [0.2, 0.25) is 0 Å². The van der Waals surface area contributed by atoms with Crippen molar-refractivity contribution in [3.8, 4) is 22.3 Å². The van der Waals surface area contributed by atoms with Crippen LogP contribution in [0.5, 0.6) is 0 Å². The molecule has 0 nitrogen and oxygen atoms in total. The Morgan fingerprint density at radius 3 is 2.08 bits per heavy atom. The van der Waals surface area contributed by atoms with E-state index in [9.17, 15) is 0 Å². The summed E-state index contributed by atoms with van der Waals surface area (Å²) in [5, 5.41) is 2.71. The van der Waals surface area contributed by atoms with Crippen molar-refractivity contribution in [3.05, 3.63) is 96.6 Å². The van der Waals surface area contributed by atoms with Gasteiger partial charge in [-0.1, -0.05) is 72.8 Å². The zero-order valence-electron chi connectivity index (χ0n) is 14.6. The summed E-state index contributed by atoms with van der Waals surface area (Å²) in [5.41, 5.74) is 6.50. The number of fused-ring (bicyclic) bond motifs is 3. The van der Waals surface area contributed by atoms with Crippen LogP contribution in [0.15, 0.2) is 91.0 Å². The smallest absolute Gasteiger partial charge is 0.0355 e. The van der Waals surface area contributed by atoms with Crippen molar-refractivity contribution in [2.75, 3.05) is 0 Å². The first-order valence-corrected chi connectivity index (χ1v) is 9.69. The zero-order chi connectivity index (χ0) is 17.5. The maximum atomic E-state index is 2.35. The maximum Gasteiger partial charge on any atom is 0.0355 e. The van der Waals surface area contributed by atoms with Crippen LogP contribution in [0.4, 0.5) is 0 Å². The average Bonchev–Trinajstić information content (AvgIpc) is 3.07. The molecule has 0 spiro atoms. The van der Waals surface area contributed by atoms with Crippen molar-refractivity contribution in [2.24, 2.45) is 0 Å². The Hall–Kier alpha value is -2.90. The van der Waals surface area contributed by atoms with Gasteiger partial charge < -0.3 is 0 Å². The molecule has 1 heterocycles. The van der Waals surface area contributed by atoms with Crippen molar-refractivity contribution in [1.29, 1.82) is 0 Å². The van der Waals surface area contributed by atoms with Gasteiger partial charge in [-0.05, 0) is 52.9 Å². The van der Waals surface area contributed by atoms with Crippen LogP contribution in [0.2, 0.25) is 0 Å². The monoisotopic (exact) mass is 350 g/mol. The van der Waals surface area contributed by atoms with E-state index in [1.165, 1.54) is 48.0 Å². The third-order valence-corrected chi connectivity index (χ3v) is 6.26. The summed E-state index contributed by atoms with van der Waals surface area (Å²) in [4.78, 5) is 0. The van der Waals surface area contributed by atoms with Gasteiger partial charge in [-0.3, -0.25) is 0 Å². The zero-order valence-corrected chi connectivity index (χ0v) is 15.4. The number of hydrogen-bond acceptors (Lipinski definition) is 1. The SMILES string of the molecule is Cc1c(-c2ccccc2)cccc1-c1ccc2sc3ccccc3c2c1. The molecule has 26 heavy (non-hydrogen) atoms. The topological polar surface area (TPSA) is 0 Å². The lowest BCUT2D eigenvalue weighted by molar-refractivity contribution is 1.45. The third kappa shape index (κ3) is 2.44. The Balaban J connectivity index is 1.72. The Morgan fingerprint density at radius 2 is 1.23 bits per heavy atom. The summed E-state index contributed by atoms with van der Waals surface area (Å²) >= 11 is 1.87. The standard InChI is InChI=1S/C25H18S/c1-17-20(18-8-3-2-4-9-18)11-7-12-21(17)19-14-15-25-23(16-19)22-10-5-6-13-24(22)26-25/h2-16H,1H3. The molecule has 0 atom stereocenters. The molecule has 0 amide bonds. The van der Waals surface area contributed by atoms with E-state index in [4.69, 9.17) is 0 Å². The number of hydrogen-bond donors (Lipinski definition) is 0. The van der Waals surface area contributed by atoms with Gasteiger partial charge >= 0.3 is 0 Å². The van der Waals surface area contributed by atoms with Crippen LogP contribution < -0.4 is 0 Å². The Morgan fingerprint density at radius 1 is 0.538 bits per heavy atom. The summed E-state index contributed by atoms with van der Waals surface area (Å²) in [6.45, 7) is 2.23. The summed E-state index contributed by atoms with van der Waals surface area (Å²) in [5.74, 6) is 0. The minimum atomic E-state index is 1.27. The lowest BCUT2D eigenvalue weighted by Gasteiger charge is -2.12. The van der Waals surface area contributed by atoms with Crippen LogP contribution >= 0.6 is 11.3 Å². The first-order chi connectivity index (χ1) is 12.8. The highest BCUT2D eigenvalue weighted by Gasteiger charge is 2.10. The van der Waals surface area contributed by atoms with Gasteiger partial charge in [0.15, 0.2) is 0 Å². The number of rotatable bonds is 2. The third-order valence-electron chi connectivity index (χ3n) is 5.11. The van der Waals surface area contributed by atoms with E-state index in [-0.39, 0.29) is 0 Å². The molecule has 0 unspecified atom stereocenters. The van der Waals surface area contributed by atoms with E-state index in [1.54, 1.807) is 0 Å². The fourth-order valence-electron chi connectivity index (χ4n) is 3.77. The van der Waals surface area contributed by atoms with Crippen molar-refractivity contribution in [2.45, 2.75) is 6.92 Å². The van der Waals surface area contributed by atoms with Crippen molar-refractivity contribution >= 4 is 31.5 Å². The average molecular weight is 350 g/mol. The number of benzene rings is 4. The fraction of sp³-hybridized carbons (Fsp3) is 0.0400. The van der Waals surface area contributed by atoms with Crippen LogP contribution in [0.3, 0.4) is 0 Å². The normalized spacial score (nSPS) is 11.3. The second-order valence-electron chi connectivity index (χ2n) is 6.65. The first-order valence-electron chi connectivity index (χ1n) is 8.88. The van der Waals surface area contributed by atoms with Crippen LogP contribution in [-0.2, 0) is 0 Å². The molecular weight excluding hydrogens is 332 g/mol. The molecule has 0 aliphatic rings. The molecule has 124 valence electrons. The van der Waals surface area contributed by atoms with E-state index in [0.29, 0.717) is 0 Å². The Labute approximate surface area is 157 Å². The molecule has 1 aromatic heterocycles. The van der Waals surface area contributed by atoms with E-state index in [0.717, 1.165) is 0 Å². The summed E-state index contributed by atoms with van der Waals surface area (Å²) in [6.07, 6.45) is 0. The molecule has 0 bridgehead atoms. The molecule has 1 heteroatoms. The van der Waals surface area contributed by atoms with Gasteiger partial charge in [-0.2, -0.15) is 0 Å². The number of thiophene rings is 1. The van der Waals surface area contributed by atoms with Gasteiger partial charge in [-0.15, -0.1) is 11.3 Å². The van der Waals surface area contributed by atoms with E-state index < -0.39 is 0 Å². The predicted molar refractivity (Wildman–Crippen MR) is 115 cm³/mol. The van der Waals surface area contributed by atoms with Gasteiger partial charge in [0.05, 0.1) is 0 Å². The van der Waals surface area contributed by atoms with Crippen LogP contribution in [0, 0.1) is 6.92 Å². The lowest BCUT2D eigenvalue weighted by Crippen LogP contribution is -1.88. The summed E-state index contributed by atoms with van der Waals surface area (Å²) in [7, 11) is 0. The largest absolute Gasteiger partial charge is 0.135 e.